The second kappa shape index (κ2) is 8.07. The Morgan fingerprint density at radius 3 is 2.78 bits per heavy atom. The van der Waals surface area contributed by atoms with Crippen LogP contribution in [-0.2, 0) is 0 Å². The summed E-state index contributed by atoms with van der Waals surface area (Å²) in [5.74, 6) is -0.230. The highest BCUT2D eigenvalue weighted by atomic mass is 19.1. The summed E-state index contributed by atoms with van der Waals surface area (Å²) in [5.41, 5.74) is 3.75. The summed E-state index contributed by atoms with van der Waals surface area (Å²) >= 11 is 0. The topological polar surface area (TPSA) is 44.1 Å². The standard InChI is InChI=1S/C22H25FN2O2/c23-20-10-5-11-22(19(20)14-26)27-15-16-6-1-4-9-18(16)21-12-13-24-25(21)17-7-2-3-8-17/h5,10-14,17H,1-4,6-9,15H2. The van der Waals surface area contributed by atoms with Crippen molar-refractivity contribution in [3.63, 3.8) is 0 Å². The smallest absolute Gasteiger partial charge is 0.156 e. The molecule has 0 atom stereocenters. The molecule has 0 bridgehead atoms. The molecular weight excluding hydrogens is 343 g/mol. The second-order valence-electron chi connectivity index (χ2n) is 7.45. The van der Waals surface area contributed by atoms with Crippen molar-refractivity contribution in [3.8, 4) is 5.75 Å². The van der Waals surface area contributed by atoms with E-state index < -0.39 is 5.82 Å². The van der Waals surface area contributed by atoms with Crippen LogP contribution in [0.25, 0.3) is 5.57 Å². The fourth-order valence-electron chi connectivity index (χ4n) is 4.35. The third-order valence-corrected chi connectivity index (χ3v) is 5.76. The molecule has 1 aromatic heterocycles. The number of carbonyl (C=O) groups is 1. The molecule has 1 saturated carbocycles. The van der Waals surface area contributed by atoms with Crippen LogP contribution in [-0.4, -0.2) is 22.7 Å². The molecule has 4 rings (SSSR count). The number of carbonyl (C=O) groups excluding carboxylic acids is 1. The molecular formula is C22H25FN2O2. The summed E-state index contributed by atoms with van der Waals surface area (Å²) in [6.45, 7) is 0.384. The molecule has 0 unspecified atom stereocenters. The van der Waals surface area contributed by atoms with Crippen molar-refractivity contribution in [2.45, 2.75) is 57.4 Å². The van der Waals surface area contributed by atoms with Crippen molar-refractivity contribution < 1.29 is 13.9 Å². The Hall–Kier alpha value is -2.43. The Bertz CT molecular complexity index is 850. The highest BCUT2D eigenvalue weighted by Crippen LogP contribution is 2.37. The van der Waals surface area contributed by atoms with E-state index in [1.165, 1.54) is 48.6 Å². The van der Waals surface area contributed by atoms with Gasteiger partial charge in [0.05, 0.1) is 17.3 Å². The van der Waals surface area contributed by atoms with Crippen molar-refractivity contribution in [2.75, 3.05) is 6.61 Å². The van der Waals surface area contributed by atoms with Crippen molar-refractivity contribution in [1.29, 1.82) is 0 Å². The quantitative estimate of drug-likeness (QED) is 0.645. The summed E-state index contributed by atoms with van der Waals surface area (Å²) in [6.07, 6.45) is 11.6. The molecule has 1 aromatic carbocycles. The largest absolute Gasteiger partial charge is 0.488 e. The normalized spacial score (nSPS) is 18.1. The number of halogens is 1. The molecule has 5 heteroatoms. The average Bonchev–Trinajstić information content (AvgIpc) is 3.38. The first-order valence-corrected chi connectivity index (χ1v) is 9.89. The lowest BCUT2D eigenvalue weighted by Crippen LogP contribution is -2.14. The van der Waals surface area contributed by atoms with Gasteiger partial charge in [0.1, 0.15) is 18.2 Å². The van der Waals surface area contributed by atoms with Crippen LogP contribution in [0.15, 0.2) is 36.0 Å². The van der Waals surface area contributed by atoms with E-state index in [1.807, 2.05) is 6.20 Å². The van der Waals surface area contributed by atoms with E-state index in [2.05, 4.69) is 15.8 Å². The van der Waals surface area contributed by atoms with Crippen LogP contribution in [0.2, 0.25) is 0 Å². The molecule has 1 heterocycles. The van der Waals surface area contributed by atoms with Crippen molar-refractivity contribution >= 4 is 11.9 Å². The molecule has 0 amide bonds. The van der Waals surface area contributed by atoms with Crippen LogP contribution >= 0.6 is 0 Å². The van der Waals surface area contributed by atoms with E-state index in [4.69, 9.17) is 4.74 Å². The lowest BCUT2D eigenvalue weighted by atomic mass is 9.90. The predicted octanol–water partition coefficient (Wildman–Crippen LogP) is 5.36. The fourth-order valence-corrected chi connectivity index (χ4v) is 4.35. The highest BCUT2D eigenvalue weighted by Gasteiger charge is 2.24. The van der Waals surface area contributed by atoms with Crippen LogP contribution in [0.1, 0.15) is 73.5 Å². The number of ether oxygens (including phenoxy) is 1. The van der Waals surface area contributed by atoms with Crippen molar-refractivity contribution in [3.05, 3.63) is 53.1 Å². The molecule has 1 fully saturated rings. The lowest BCUT2D eigenvalue weighted by Gasteiger charge is -2.23. The van der Waals surface area contributed by atoms with Crippen LogP contribution in [0.4, 0.5) is 4.39 Å². The molecule has 0 saturated heterocycles. The Morgan fingerprint density at radius 2 is 1.96 bits per heavy atom. The van der Waals surface area contributed by atoms with E-state index in [1.54, 1.807) is 12.1 Å². The lowest BCUT2D eigenvalue weighted by molar-refractivity contribution is 0.111. The number of nitrogens with zero attached hydrogens (tertiary/aromatic N) is 2. The minimum atomic E-state index is -0.542. The summed E-state index contributed by atoms with van der Waals surface area (Å²) in [5, 5.41) is 4.61. The number of aldehydes is 1. The second-order valence-corrected chi connectivity index (χ2v) is 7.45. The van der Waals surface area contributed by atoms with Crippen LogP contribution in [0.3, 0.4) is 0 Å². The number of benzene rings is 1. The van der Waals surface area contributed by atoms with Gasteiger partial charge in [-0.05, 0) is 67.9 Å². The van der Waals surface area contributed by atoms with E-state index >= 15 is 0 Å². The molecule has 0 radical (unpaired) electrons. The third kappa shape index (κ3) is 3.68. The Morgan fingerprint density at radius 1 is 1.15 bits per heavy atom. The minimum absolute atomic E-state index is 0.00791. The van der Waals surface area contributed by atoms with E-state index in [-0.39, 0.29) is 5.56 Å². The minimum Gasteiger partial charge on any atom is -0.488 e. The van der Waals surface area contributed by atoms with E-state index in [0.717, 1.165) is 25.7 Å². The Kier molecular flexibility index (Phi) is 5.37. The number of hydrogen-bond acceptors (Lipinski definition) is 3. The van der Waals surface area contributed by atoms with E-state index in [9.17, 15) is 9.18 Å². The molecule has 2 aromatic rings. The summed E-state index contributed by atoms with van der Waals surface area (Å²) < 4.78 is 21.9. The third-order valence-electron chi connectivity index (χ3n) is 5.76. The van der Waals surface area contributed by atoms with Crippen LogP contribution in [0, 0.1) is 5.82 Å². The van der Waals surface area contributed by atoms with Gasteiger partial charge in [0.15, 0.2) is 6.29 Å². The average molecular weight is 368 g/mol. The molecule has 2 aliphatic carbocycles. The molecule has 4 nitrogen and oxygen atoms in total. The monoisotopic (exact) mass is 368 g/mol. The predicted molar refractivity (Wildman–Crippen MR) is 102 cm³/mol. The van der Waals surface area contributed by atoms with Gasteiger partial charge in [-0.25, -0.2) is 4.39 Å². The van der Waals surface area contributed by atoms with Crippen molar-refractivity contribution in [1.82, 2.24) is 9.78 Å². The van der Waals surface area contributed by atoms with Gasteiger partial charge < -0.3 is 4.74 Å². The van der Waals surface area contributed by atoms with Gasteiger partial charge in [0, 0.05) is 6.20 Å². The molecule has 0 aliphatic heterocycles. The first-order valence-electron chi connectivity index (χ1n) is 9.89. The number of allylic oxidation sites excluding steroid dienone is 1. The maximum Gasteiger partial charge on any atom is 0.156 e. The summed E-state index contributed by atoms with van der Waals surface area (Å²) in [7, 11) is 0. The molecule has 0 N–H and O–H groups in total. The first-order chi connectivity index (χ1) is 13.3. The zero-order valence-corrected chi connectivity index (χ0v) is 15.5. The van der Waals surface area contributed by atoms with Gasteiger partial charge in [-0.3, -0.25) is 9.48 Å². The highest BCUT2D eigenvalue weighted by molar-refractivity contribution is 5.79. The molecule has 0 spiro atoms. The van der Waals surface area contributed by atoms with Gasteiger partial charge in [-0.2, -0.15) is 5.10 Å². The van der Waals surface area contributed by atoms with Crippen LogP contribution in [0.5, 0.6) is 5.75 Å². The van der Waals surface area contributed by atoms with Gasteiger partial charge in [-0.15, -0.1) is 0 Å². The molecule has 27 heavy (non-hydrogen) atoms. The zero-order valence-electron chi connectivity index (χ0n) is 15.5. The van der Waals surface area contributed by atoms with Gasteiger partial charge in [-0.1, -0.05) is 18.9 Å². The van der Waals surface area contributed by atoms with Crippen molar-refractivity contribution in [2.24, 2.45) is 0 Å². The van der Waals surface area contributed by atoms with E-state index in [0.29, 0.717) is 24.7 Å². The van der Waals surface area contributed by atoms with Gasteiger partial charge in [0.2, 0.25) is 0 Å². The maximum atomic E-state index is 13.8. The first kappa shape index (κ1) is 18.0. The molecule has 142 valence electrons. The summed E-state index contributed by atoms with van der Waals surface area (Å²) in [4.78, 5) is 11.2. The van der Waals surface area contributed by atoms with Gasteiger partial charge in [0.25, 0.3) is 0 Å². The maximum absolute atomic E-state index is 13.8. The SMILES string of the molecule is O=Cc1c(F)cccc1OCC1=C(c2ccnn2C2CCCC2)CCCC1. The van der Waals surface area contributed by atoms with Gasteiger partial charge >= 0.3 is 0 Å². The number of rotatable bonds is 6. The Labute approximate surface area is 159 Å². The zero-order chi connectivity index (χ0) is 18.6. The van der Waals surface area contributed by atoms with Crippen LogP contribution < -0.4 is 4.74 Å². The summed E-state index contributed by atoms with van der Waals surface area (Å²) in [6, 6.07) is 7.11. The molecule has 2 aliphatic rings. The number of hydrogen-bond donors (Lipinski definition) is 0. The fraction of sp³-hybridized carbons (Fsp3) is 0.455. The Balaban J connectivity index is 1.61. The number of aromatic nitrogens is 2.